The van der Waals surface area contributed by atoms with Crippen molar-refractivity contribution in [1.29, 1.82) is 0 Å². The lowest BCUT2D eigenvalue weighted by molar-refractivity contribution is 0.827. The van der Waals surface area contributed by atoms with Gasteiger partial charge in [0.1, 0.15) is 0 Å². The maximum atomic E-state index is 5.61. The second kappa shape index (κ2) is 15.6. The van der Waals surface area contributed by atoms with Gasteiger partial charge >= 0.3 is 0 Å². The summed E-state index contributed by atoms with van der Waals surface area (Å²) in [5.41, 5.74) is 7.71. The Balaban J connectivity index is 1.06. The normalized spacial score (nSPS) is 14.3. The number of anilines is 6. The highest BCUT2D eigenvalue weighted by molar-refractivity contribution is 7.22. The van der Waals surface area contributed by atoms with E-state index in [4.69, 9.17) is 9.97 Å². The molecular formula is C59H46N4Si2. The molecule has 10 aromatic rings. The van der Waals surface area contributed by atoms with Gasteiger partial charge in [-0.3, -0.25) is 4.90 Å². The van der Waals surface area contributed by atoms with Crippen molar-refractivity contribution < 1.29 is 0 Å². The molecule has 0 unspecified atom stereocenters. The van der Waals surface area contributed by atoms with Crippen LogP contribution in [-0.2, 0) is 0 Å². The van der Waals surface area contributed by atoms with Crippen molar-refractivity contribution in [2.24, 2.45) is 0 Å². The highest BCUT2D eigenvalue weighted by atomic mass is 28.3. The van der Waals surface area contributed by atoms with Crippen LogP contribution < -0.4 is 51.3 Å². The number of rotatable bonds is 7. The van der Waals surface area contributed by atoms with Gasteiger partial charge in [-0.15, -0.1) is 0 Å². The van der Waals surface area contributed by atoms with Crippen molar-refractivity contribution in [3.8, 4) is 0 Å². The summed E-state index contributed by atoms with van der Waals surface area (Å²) in [6.45, 7) is 4.51. The van der Waals surface area contributed by atoms with Crippen LogP contribution >= 0.6 is 0 Å². The van der Waals surface area contributed by atoms with Gasteiger partial charge in [0.25, 0.3) is 0 Å². The highest BCUT2D eigenvalue weighted by Crippen LogP contribution is 2.42. The number of aromatic nitrogens is 2. The Morgan fingerprint density at radius 3 is 1.06 bits per heavy atom. The lowest BCUT2D eigenvalue weighted by Gasteiger charge is -2.45. The molecule has 3 heterocycles. The number of nitrogens with zero attached hydrogens (tertiary/aromatic N) is 4. The van der Waals surface area contributed by atoms with Crippen molar-refractivity contribution >= 4 is 103 Å². The molecule has 0 bridgehead atoms. The van der Waals surface area contributed by atoms with Crippen LogP contribution in [0.3, 0.4) is 0 Å². The fraction of sp³-hybridized carbons (Fsp3) is 0.0508. The van der Waals surface area contributed by atoms with E-state index in [0.29, 0.717) is 5.95 Å². The molecule has 0 radical (unpaired) electrons. The lowest BCUT2D eigenvalue weighted by Crippen LogP contribution is -2.77. The molecule has 0 aliphatic carbocycles. The van der Waals surface area contributed by atoms with Gasteiger partial charge in [0.05, 0.1) is 11.2 Å². The van der Waals surface area contributed by atoms with Gasteiger partial charge in [0, 0.05) is 33.8 Å². The molecule has 0 atom stereocenters. The van der Waals surface area contributed by atoms with E-state index < -0.39 is 16.1 Å². The Morgan fingerprint density at radius 2 is 0.692 bits per heavy atom. The summed E-state index contributed by atoms with van der Waals surface area (Å²) >= 11 is 0. The largest absolute Gasteiger partial charge is 0.311 e. The highest BCUT2D eigenvalue weighted by Gasteiger charge is 2.50. The van der Waals surface area contributed by atoms with Gasteiger partial charge in [0.15, 0.2) is 16.1 Å². The van der Waals surface area contributed by atoms with Crippen LogP contribution in [0.15, 0.2) is 237 Å². The first-order valence-corrected chi connectivity index (χ1v) is 26.6. The summed E-state index contributed by atoms with van der Waals surface area (Å²) in [7, 11) is -5.52. The van der Waals surface area contributed by atoms with Crippen LogP contribution in [0.4, 0.5) is 34.4 Å². The molecule has 0 amide bonds. The van der Waals surface area contributed by atoms with Crippen LogP contribution in [-0.4, -0.2) is 26.1 Å². The number of para-hydroxylation sites is 4. The molecule has 0 saturated heterocycles. The summed E-state index contributed by atoms with van der Waals surface area (Å²) in [6, 6.07) is 87.7. The van der Waals surface area contributed by atoms with Crippen molar-refractivity contribution in [3.05, 3.63) is 242 Å². The first-order chi connectivity index (χ1) is 32.1. The fourth-order valence-electron chi connectivity index (χ4n) is 11.1. The molecule has 0 N–H and O–H groups in total. The topological polar surface area (TPSA) is 32.3 Å². The zero-order chi connectivity index (χ0) is 43.5. The van der Waals surface area contributed by atoms with Gasteiger partial charge in [-0.2, -0.15) is 0 Å². The van der Waals surface area contributed by atoms with E-state index in [2.05, 4.69) is 260 Å². The fourth-order valence-corrected chi connectivity index (χ4v) is 21.3. The third-order valence-corrected chi connectivity index (χ3v) is 23.4. The van der Waals surface area contributed by atoms with E-state index in [0.717, 1.165) is 33.7 Å². The monoisotopic (exact) mass is 866 g/mol. The van der Waals surface area contributed by atoms with Crippen LogP contribution in [0.2, 0.25) is 0 Å². The maximum absolute atomic E-state index is 5.61. The maximum Gasteiger partial charge on any atom is 0.235 e. The molecule has 2 aliphatic rings. The summed E-state index contributed by atoms with van der Waals surface area (Å²) in [6.07, 6.45) is 0. The lowest BCUT2D eigenvalue weighted by atomic mass is 10.0. The summed E-state index contributed by atoms with van der Waals surface area (Å²) in [5, 5.41) is 11.9. The van der Waals surface area contributed by atoms with Crippen LogP contribution in [0.1, 0.15) is 25.5 Å². The summed E-state index contributed by atoms with van der Waals surface area (Å²) in [5.74, 6) is 0.816. The zero-order valence-corrected chi connectivity index (χ0v) is 38.4. The van der Waals surface area contributed by atoms with E-state index in [1.807, 2.05) is 0 Å². The third-order valence-electron chi connectivity index (χ3n) is 13.7. The van der Waals surface area contributed by atoms with Gasteiger partial charge in [-0.25, -0.2) is 9.97 Å². The van der Waals surface area contributed by atoms with Crippen LogP contribution in [0.5, 0.6) is 0 Å². The molecule has 310 valence electrons. The van der Waals surface area contributed by atoms with E-state index in [1.54, 1.807) is 0 Å². The third kappa shape index (κ3) is 5.80. The van der Waals surface area contributed by atoms with E-state index >= 15 is 0 Å². The molecule has 6 heteroatoms. The minimum absolute atomic E-state index is 0.129. The smallest absolute Gasteiger partial charge is 0.235 e. The number of fused-ring (bicyclic) bond motifs is 5. The van der Waals surface area contributed by atoms with Crippen LogP contribution in [0.25, 0.3) is 10.9 Å². The Kier molecular flexibility index (Phi) is 9.33. The van der Waals surface area contributed by atoms with Gasteiger partial charge in [-0.05, 0) is 89.9 Å². The zero-order valence-electron chi connectivity index (χ0n) is 36.4. The van der Waals surface area contributed by atoms with Gasteiger partial charge < -0.3 is 4.90 Å². The minimum Gasteiger partial charge on any atom is -0.311 e. The predicted octanol–water partition coefficient (Wildman–Crippen LogP) is 9.07. The molecule has 0 saturated carbocycles. The van der Waals surface area contributed by atoms with Crippen molar-refractivity contribution in [3.63, 3.8) is 0 Å². The van der Waals surface area contributed by atoms with E-state index in [-0.39, 0.29) is 5.92 Å². The Hall–Kier alpha value is -7.65. The number of hydrogen-bond acceptors (Lipinski definition) is 4. The Morgan fingerprint density at radius 1 is 0.354 bits per heavy atom. The standard InChI is InChI=1S/C59H46N4Si2/c1-42(2)58-48-41-43(62-50-31-15-19-35-54(50)64(44-23-7-3-8-24-44,45-25-9-4-10-26-45)55-36-20-16-32-51(55)62)39-40-49(48)60-59(61-58)63-52-33-17-21-37-56(52)65(46-27-11-5-12-28-46,47-29-13-6-14-30-47)57-38-22-18-34-53(57)63/h3-42H,1-2H3. The van der Waals surface area contributed by atoms with E-state index in [1.165, 1.54) is 52.9 Å². The first kappa shape index (κ1) is 39.0. The molecule has 4 nitrogen and oxygen atoms in total. The average Bonchev–Trinajstić information content (AvgIpc) is 3.37. The predicted molar refractivity (Wildman–Crippen MR) is 277 cm³/mol. The van der Waals surface area contributed by atoms with Crippen molar-refractivity contribution in [2.45, 2.75) is 19.8 Å². The number of benzene rings is 9. The average molecular weight is 867 g/mol. The van der Waals surface area contributed by atoms with Gasteiger partial charge in [0.2, 0.25) is 5.95 Å². The first-order valence-electron chi connectivity index (χ1n) is 22.6. The summed E-state index contributed by atoms with van der Waals surface area (Å²) < 4.78 is 0. The van der Waals surface area contributed by atoms with Crippen LogP contribution in [0, 0.1) is 0 Å². The Bertz CT molecular complexity index is 3200. The van der Waals surface area contributed by atoms with Crippen molar-refractivity contribution in [1.82, 2.24) is 9.97 Å². The number of hydrogen-bond donors (Lipinski definition) is 0. The molecule has 9 aromatic carbocycles. The second-order valence-electron chi connectivity index (χ2n) is 17.5. The molecule has 65 heavy (non-hydrogen) atoms. The molecular weight excluding hydrogens is 821 g/mol. The molecule has 12 rings (SSSR count). The van der Waals surface area contributed by atoms with Gasteiger partial charge in [-0.1, -0.05) is 208 Å². The SMILES string of the molecule is CC(C)c1nc(N2c3ccccc3[Si](c3ccccc3)(c3ccccc3)c3ccccc32)nc2ccc(N3c4ccccc4[Si](c4ccccc4)(c4ccccc4)c4ccccc43)cc12. The molecule has 0 spiro atoms. The van der Waals surface area contributed by atoms with Crippen molar-refractivity contribution in [2.75, 3.05) is 9.80 Å². The second-order valence-corrected chi connectivity index (χ2v) is 24.9. The minimum atomic E-state index is -2.78. The summed E-state index contributed by atoms with van der Waals surface area (Å²) in [4.78, 5) is 15.9. The quantitative estimate of drug-likeness (QED) is 0.150. The Labute approximate surface area is 382 Å². The molecule has 1 aromatic heterocycles. The molecule has 2 aliphatic heterocycles. The van der Waals surface area contributed by atoms with E-state index in [9.17, 15) is 0 Å². The molecule has 0 fully saturated rings.